The van der Waals surface area contributed by atoms with Gasteiger partial charge in [0.15, 0.2) is 5.96 Å². The first kappa shape index (κ1) is 23.7. The van der Waals surface area contributed by atoms with Crippen LogP contribution in [0.5, 0.6) is 0 Å². The van der Waals surface area contributed by atoms with E-state index in [1.54, 1.807) is 19.2 Å². The SMILES string of the molecule is CN=C(NCc1ccnc(N2CCN(C)CC2)c1)NCC1(c2ccccc2F)CC1.I. The minimum Gasteiger partial charge on any atom is -0.356 e. The number of likely N-dealkylation sites (N-methyl/N-ethyl adjacent to an activating group) is 1. The summed E-state index contributed by atoms with van der Waals surface area (Å²) in [5.74, 6) is 1.64. The quantitative estimate of drug-likeness (QED) is 0.337. The third-order valence-corrected chi connectivity index (χ3v) is 6.21. The number of nitrogens with one attached hydrogen (secondary N) is 2. The molecule has 1 saturated carbocycles. The largest absolute Gasteiger partial charge is 0.356 e. The van der Waals surface area contributed by atoms with Crippen LogP contribution < -0.4 is 15.5 Å². The van der Waals surface area contributed by atoms with Crippen molar-refractivity contribution in [2.24, 2.45) is 4.99 Å². The summed E-state index contributed by atoms with van der Waals surface area (Å²) in [7, 11) is 3.92. The highest BCUT2D eigenvalue weighted by molar-refractivity contribution is 14.0. The van der Waals surface area contributed by atoms with Gasteiger partial charge >= 0.3 is 0 Å². The molecular weight excluding hydrogens is 506 g/mol. The fourth-order valence-electron chi connectivity index (χ4n) is 4.02. The van der Waals surface area contributed by atoms with Crippen LogP contribution in [0.4, 0.5) is 10.2 Å². The lowest BCUT2D eigenvalue weighted by molar-refractivity contribution is 0.312. The van der Waals surface area contributed by atoms with Gasteiger partial charge in [-0.3, -0.25) is 4.99 Å². The number of piperazine rings is 1. The molecule has 0 amide bonds. The van der Waals surface area contributed by atoms with Crippen molar-refractivity contribution in [3.63, 3.8) is 0 Å². The van der Waals surface area contributed by atoms with Crippen LogP contribution in [0.2, 0.25) is 0 Å². The molecule has 0 spiro atoms. The van der Waals surface area contributed by atoms with Gasteiger partial charge in [0.1, 0.15) is 11.6 Å². The highest BCUT2D eigenvalue weighted by atomic mass is 127. The molecule has 8 heteroatoms. The molecule has 1 saturated heterocycles. The number of hydrogen-bond donors (Lipinski definition) is 2. The first-order valence-corrected chi connectivity index (χ1v) is 10.7. The van der Waals surface area contributed by atoms with Gasteiger partial charge in [-0.05, 0) is 49.2 Å². The van der Waals surface area contributed by atoms with Gasteiger partial charge in [0.25, 0.3) is 0 Å². The maximum atomic E-state index is 14.2. The molecule has 2 heterocycles. The lowest BCUT2D eigenvalue weighted by Crippen LogP contribution is -2.44. The number of pyridine rings is 1. The first-order valence-electron chi connectivity index (χ1n) is 10.7. The number of anilines is 1. The molecule has 31 heavy (non-hydrogen) atoms. The van der Waals surface area contributed by atoms with E-state index in [4.69, 9.17) is 0 Å². The Morgan fingerprint density at radius 3 is 2.55 bits per heavy atom. The molecule has 4 rings (SSSR count). The second-order valence-electron chi connectivity index (χ2n) is 8.35. The normalized spacial score (nSPS) is 18.3. The molecule has 1 aromatic carbocycles. The number of rotatable bonds is 6. The zero-order valence-electron chi connectivity index (χ0n) is 18.3. The average Bonchev–Trinajstić information content (AvgIpc) is 3.56. The number of nitrogens with zero attached hydrogens (tertiary/aromatic N) is 4. The smallest absolute Gasteiger partial charge is 0.191 e. The van der Waals surface area contributed by atoms with Gasteiger partial charge in [-0.25, -0.2) is 9.37 Å². The van der Waals surface area contributed by atoms with Crippen molar-refractivity contribution < 1.29 is 4.39 Å². The predicted molar refractivity (Wildman–Crippen MR) is 135 cm³/mol. The standard InChI is InChI=1S/C23H31FN6.HI/c1-25-22(28-17-23(8-9-23)19-5-3-4-6-20(19)24)27-16-18-7-10-26-21(15-18)30-13-11-29(2)12-14-30;/h3-7,10,15H,8-9,11-14,16-17H2,1-2H3,(H2,25,27,28);1H. The Kier molecular flexibility index (Phi) is 8.10. The van der Waals surface area contributed by atoms with Crippen LogP contribution in [0.1, 0.15) is 24.0 Å². The third kappa shape index (κ3) is 5.85. The van der Waals surface area contributed by atoms with Crippen LogP contribution >= 0.6 is 24.0 Å². The highest BCUT2D eigenvalue weighted by Gasteiger charge is 2.45. The summed E-state index contributed by atoms with van der Waals surface area (Å²) in [6.45, 7) is 5.46. The molecule has 0 radical (unpaired) electrons. The number of guanidine groups is 1. The van der Waals surface area contributed by atoms with Crippen LogP contribution in [0.25, 0.3) is 0 Å². The number of hydrogen-bond acceptors (Lipinski definition) is 4. The van der Waals surface area contributed by atoms with Crippen molar-refractivity contribution in [3.05, 3.63) is 59.5 Å². The van der Waals surface area contributed by atoms with E-state index in [-0.39, 0.29) is 35.2 Å². The summed E-state index contributed by atoms with van der Waals surface area (Å²) in [6, 6.07) is 11.3. The molecule has 2 aliphatic rings. The summed E-state index contributed by atoms with van der Waals surface area (Å²) in [6.07, 6.45) is 3.87. The zero-order valence-corrected chi connectivity index (χ0v) is 20.6. The summed E-state index contributed by atoms with van der Waals surface area (Å²) >= 11 is 0. The molecule has 0 unspecified atom stereocenters. The van der Waals surface area contributed by atoms with Crippen LogP contribution in [0, 0.1) is 5.82 Å². The summed E-state index contributed by atoms with van der Waals surface area (Å²) in [5.41, 5.74) is 1.85. The number of aromatic nitrogens is 1. The van der Waals surface area contributed by atoms with Gasteiger partial charge < -0.3 is 20.4 Å². The Hall–Kier alpha value is -1.94. The van der Waals surface area contributed by atoms with Crippen molar-refractivity contribution in [2.45, 2.75) is 24.8 Å². The van der Waals surface area contributed by atoms with Crippen molar-refractivity contribution in [3.8, 4) is 0 Å². The number of halogens is 2. The molecule has 2 fully saturated rings. The molecule has 0 bridgehead atoms. The average molecular weight is 538 g/mol. The van der Waals surface area contributed by atoms with Crippen molar-refractivity contribution in [1.29, 1.82) is 0 Å². The fourth-order valence-corrected chi connectivity index (χ4v) is 4.02. The lowest BCUT2D eigenvalue weighted by atomic mass is 9.95. The highest BCUT2D eigenvalue weighted by Crippen LogP contribution is 2.48. The Labute approximate surface area is 201 Å². The Bertz CT molecular complexity index is 893. The van der Waals surface area contributed by atoms with Gasteiger partial charge in [0, 0.05) is 57.9 Å². The van der Waals surface area contributed by atoms with Crippen molar-refractivity contribution in [2.75, 3.05) is 51.7 Å². The van der Waals surface area contributed by atoms with Crippen LogP contribution in [-0.4, -0.2) is 62.7 Å². The van der Waals surface area contributed by atoms with E-state index in [1.807, 2.05) is 24.4 Å². The molecule has 2 N–H and O–H groups in total. The zero-order chi connectivity index (χ0) is 21.0. The summed E-state index contributed by atoms with van der Waals surface area (Å²) < 4.78 is 14.2. The second-order valence-corrected chi connectivity index (χ2v) is 8.35. The van der Waals surface area contributed by atoms with E-state index < -0.39 is 0 Å². The fraction of sp³-hybridized carbons (Fsp3) is 0.478. The van der Waals surface area contributed by atoms with Gasteiger partial charge in [0.05, 0.1) is 0 Å². The molecule has 1 aliphatic carbocycles. The predicted octanol–water partition coefficient (Wildman–Crippen LogP) is 2.99. The lowest BCUT2D eigenvalue weighted by Gasteiger charge is -2.33. The summed E-state index contributed by atoms with van der Waals surface area (Å²) in [4.78, 5) is 13.6. The molecule has 1 aromatic heterocycles. The van der Waals surface area contributed by atoms with Crippen LogP contribution in [0.15, 0.2) is 47.6 Å². The molecular formula is C23H32FIN6. The van der Waals surface area contributed by atoms with Gasteiger partial charge in [0.2, 0.25) is 0 Å². The minimum atomic E-state index is -0.118. The Balaban J connectivity index is 0.00000272. The maximum Gasteiger partial charge on any atom is 0.191 e. The van der Waals surface area contributed by atoms with Crippen LogP contribution in [0.3, 0.4) is 0 Å². The first-order chi connectivity index (χ1) is 14.6. The van der Waals surface area contributed by atoms with E-state index in [2.05, 4.69) is 43.5 Å². The monoisotopic (exact) mass is 538 g/mol. The number of aliphatic imine (C=N–C) groups is 1. The molecule has 2 aromatic rings. The topological polar surface area (TPSA) is 55.8 Å². The Morgan fingerprint density at radius 1 is 1.13 bits per heavy atom. The van der Waals surface area contributed by atoms with E-state index in [0.29, 0.717) is 13.1 Å². The van der Waals surface area contributed by atoms with Gasteiger partial charge in [-0.15, -0.1) is 24.0 Å². The van der Waals surface area contributed by atoms with E-state index in [1.165, 1.54) is 0 Å². The van der Waals surface area contributed by atoms with E-state index >= 15 is 0 Å². The van der Waals surface area contributed by atoms with E-state index in [0.717, 1.165) is 61.9 Å². The molecule has 168 valence electrons. The minimum absolute atomic E-state index is 0. The maximum absolute atomic E-state index is 14.2. The van der Waals surface area contributed by atoms with Crippen molar-refractivity contribution in [1.82, 2.24) is 20.5 Å². The van der Waals surface area contributed by atoms with Gasteiger partial charge in [-0.1, -0.05) is 18.2 Å². The molecule has 6 nitrogen and oxygen atoms in total. The van der Waals surface area contributed by atoms with E-state index in [9.17, 15) is 4.39 Å². The second kappa shape index (κ2) is 10.6. The number of benzene rings is 1. The summed E-state index contributed by atoms with van der Waals surface area (Å²) in [5, 5.41) is 6.77. The molecule has 1 aliphatic heterocycles. The third-order valence-electron chi connectivity index (χ3n) is 6.21. The van der Waals surface area contributed by atoms with Crippen LogP contribution in [-0.2, 0) is 12.0 Å². The Morgan fingerprint density at radius 2 is 1.87 bits per heavy atom. The molecule has 0 atom stereocenters. The van der Waals surface area contributed by atoms with Crippen molar-refractivity contribution >= 4 is 35.8 Å². The van der Waals surface area contributed by atoms with Gasteiger partial charge in [-0.2, -0.15) is 0 Å².